The van der Waals surface area contributed by atoms with Crippen molar-refractivity contribution >= 4 is 21.8 Å². The smallest absolute Gasteiger partial charge is 0.345 e. The van der Waals surface area contributed by atoms with Gasteiger partial charge < -0.3 is 4.90 Å². The first kappa shape index (κ1) is 14.0. The van der Waals surface area contributed by atoms with Crippen molar-refractivity contribution in [3.63, 3.8) is 0 Å². The minimum atomic E-state index is -4.67. The Morgan fingerprint density at radius 2 is 1.82 bits per heavy atom. The number of hydrogen-bond donors (Lipinski definition) is 0. The quantitative estimate of drug-likeness (QED) is 0.728. The maximum Gasteiger partial charge on any atom is 0.417 e. The van der Waals surface area contributed by atoms with Crippen LogP contribution in [0.4, 0.5) is 17.6 Å². The number of halogens is 5. The van der Waals surface area contributed by atoms with E-state index in [0.717, 1.165) is 11.0 Å². The summed E-state index contributed by atoms with van der Waals surface area (Å²) in [6.45, 7) is 0. The first-order valence-corrected chi connectivity index (χ1v) is 5.21. The molecule has 1 aromatic carbocycles. The Kier molecular flexibility index (Phi) is 3.81. The summed E-state index contributed by atoms with van der Waals surface area (Å²) in [4.78, 5) is 12.5. The Balaban J connectivity index is 3.33. The van der Waals surface area contributed by atoms with Gasteiger partial charge in [0, 0.05) is 18.6 Å². The zero-order valence-electron chi connectivity index (χ0n) is 8.90. The second kappa shape index (κ2) is 4.64. The van der Waals surface area contributed by atoms with E-state index < -0.39 is 29.0 Å². The lowest BCUT2D eigenvalue weighted by Crippen LogP contribution is -2.23. The van der Waals surface area contributed by atoms with Gasteiger partial charge in [0.25, 0.3) is 5.91 Å². The van der Waals surface area contributed by atoms with Crippen LogP contribution in [0.5, 0.6) is 0 Å². The van der Waals surface area contributed by atoms with Crippen LogP contribution < -0.4 is 0 Å². The lowest BCUT2D eigenvalue weighted by molar-refractivity contribution is -0.138. The molecule has 17 heavy (non-hydrogen) atoms. The minimum Gasteiger partial charge on any atom is -0.345 e. The molecule has 1 amide bonds. The van der Waals surface area contributed by atoms with Gasteiger partial charge in [-0.2, -0.15) is 13.2 Å². The summed E-state index contributed by atoms with van der Waals surface area (Å²) in [5.74, 6) is -1.89. The summed E-state index contributed by atoms with van der Waals surface area (Å²) < 4.78 is 50.3. The summed E-state index contributed by atoms with van der Waals surface area (Å²) in [6, 6.07) is 1.14. The number of carbonyl (C=O) groups is 1. The van der Waals surface area contributed by atoms with Gasteiger partial charge in [0.15, 0.2) is 0 Å². The zero-order valence-corrected chi connectivity index (χ0v) is 10.5. The van der Waals surface area contributed by atoms with Gasteiger partial charge in [0.2, 0.25) is 0 Å². The van der Waals surface area contributed by atoms with E-state index in [0.29, 0.717) is 6.07 Å². The van der Waals surface area contributed by atoms with Crippen LogP contribution in [0.2, 0.25) is 0 Å². The zero-order chi connectivity index (χ0) is 13.4. The number of benzene rings is 1. The van der Waals surface area contributed by atoms with E-state index in [2.05, 4.69) is 15.9 Å². The van der Waals surface area contributed by atoms with Crippen LogP contribution in [0.25, 0.3) is 0 Å². The third-order valence-electron chi connectivity index (χ3n) is 2.00. The SMILES string of the molecule is CN(C)C(=O)c1cc(Br)c(C(F)(F)F)cc1F. The molecule has 0 N–H and O–H groups in total. The van der Waals surface area contributed by atoms with Gasteiger partial charge >= 0.3 is 6.18 Å². The molecular formula is C10H8BrF4NO. The van der Waals surface area contributed by atoms with Crippen LogP contribution in [0, 0.1) is 5.82 Å². The van der Waals surface area contributed by atoms with Crippen LogP contribution in [-0.4, -0.2) is 24.9 Å². The van der Waals surface area contributed by atoms with Crippen molar-refractivity contribution in [2.45, 2.75) is 6.18 Å². The highest BCUT2D eigenvalue weighted by atomic mass is 79.9. The number of carbonyl (C=O) groups excluding carboxylic acids is 1. The van der Waals surface area contributed by atoms with E-state index >= 15 is 0 Å². The molecule has 0 spiro atoms. The molecule has 0 atom stereocenters. The second-order valence-electron chi connectivity index (χ2n) is 3.51. The topological polar surface area (TPSA) is 20.3 Å². The lowest BCUT2D eigenvalue weighted by Gasteiger charge is -2.14. The Bertz CT molecular complexity index is 456. The van der Waals surface area contributed by atoms with Gasteiger partial charge in [0.05, 0.1) is 11.1 Å². The number of alkyl halides is 3. The summed E-state index contributed by atoms with van der Waals surface area (Å²) in [6.07, 6.45) is -4.67. The average Bonchev–Trinajstić information content (AvgIpc) is 2.18. The highest BCUT2D eigenvalue weighted by molar-refractivity contribution is 9.10. The predicted octanol–water partition coefficient (Wildman–Crippen LogP) is 3.31. The number of hydrogen-bond acceptors (Lipinski definition) is 1. The van der Waals surface area contributed by atoms with E-state index in [4.69, 9.17) is 0 Å². The predicted molar refractivity (Wildman–Crippen MR) is 57.1 cm³/mol. The molecule has 0 saturated carbocycles. The molecule has 0 radical (unpaired) electrons. The van der Waals surface area contributed by atoms with E-state index in [9.17, 15) is 22.4 Å². The Hall–Kier alpha value is -1.11. The monoisotopic (exact) mass is 313 g/mol. The highest BCUT2D eigenvalue weighted by Crippen LogP contribution is 2.36. The fraction of sp³-hybridized carbons (Fsp3) is 0.300. The van der Waals surface area contributed by atoms with Crippen LogP contribution in [-0.2, 0) is 6.18 Å². The van der Waals surface area contributed by atoms with E-state index in [1.54, 1.807) is 0 Å². The van der Waals surface area contributed by atoms with Gasteiger partial charge in [0.1, 0.15) is 5.82 Å². The van der Waals surface area contributed by atoms with Crippen molar-refractivity contribution in [3.05, 3.63) is 33.5 Å². The van der Waals surface area contributed by atoms with Gasteiger partial charge in [-0.3, -0.25) is 4.79 Å². The molecule has 0 saturated heterocycles. The molecule has 0 aromatic heterocycles. The molecule has 0 aliphatic rings. The van der Waals surface area contributed by atoms with E-state index in [1.807, 2.05) is 0 Å². The maximum atomic E-state index is 13.4. The molecule has 0 heterocycles. The highest BCUT2D eigenvalue weighted by Gasteiger charge is 2.34. The molecule has 7 heteroatoms. The average molecular weight is 314 g/mol. The van der Waals surface area contributed by atoms with Gasteiger partial charge in [-0.05, 0) is 12.1 Å². The molecular weight excluding hydrogens is 306 g/mol. The summed E-state index contributed by atoms with van der Waals surface area (Å²) in [5, 5.41) is 0. The molecule has 0 bridgehead atoms. The maximum absolute atomic E-state index is 13.4. The van der Waals surface area contributed by atoms with Crippen LogP contribution in [0.15, 0.2) is 16.6 Å². The summed E-state index contributed by atoms with van der Waals surface area (Å²) in [5.41, 5.74) is -1.56. The van der Waals surface area contributed by atoms with Crippen LogP contribution in [0.1, 0.15) is 15.9 Å². The number of rotatable bonds is 1. The third-order valence-corrected chi connectivity index (χ3v) is 2.65. The van der Waals surface area contributed by atoms with Crippen molar-refractivity contribution in [2.24, 2.45) is 0 Å². The van der Waals surface area contributed by atoms with E-state index in [-0.39, 0.29) is 4.47 Å². The first-order chi connectivity index (χ1) is 7.64. The summed E-state index contributed by atoms with van der Waals surface area (Å²) >= 11 is 2.68. The largest absolute Gasteiger partial charge is 0.417 e. The molecule has 94 valence electrons. The van der Waals surface area contributed by atoms with E-state index in [1.165, 1.54) is 14.1 Å². The molecule has 1 aromatic rings. The minimum absolute atomic E-state index is 0.306. The molecule has 2 nitrogen and oxygen atoms in total. The van der Waals surface area contributed by atoms with Gasteiger partial charge in [-0.15, -0.1) is 0 Å². The van der Waals surface area contributed by atoms with Crippen molar-refractivity contribution in [3.8, 4) is 0 Å². The molecule has 0 unspecified atom stereocenters. The van der Waals surface area contributed by atoms with Crippen LogP contribution >= 0.6 is 15.9 Å². The standard InChI is InChI=1S/C10H8BrF4NO/c1-16(2)9(17)5-3-7(11)6(4-8(5)12)10(13,14)15/h3-4H,1-2H3. The number of nitrogens with zero attached hydrogens (tertiary/aromatic N) is 1. The Morgan fingerprint density at radius 3 is 2.24 bits per heavy atom. The van der Waals surface area contributed by atoms with Crippen LogP contribution in [0.3, 0.4) is 0 Å². The molecule has 0 fully saturated rings. The van der Waals surface area contributed by atoms with Crippen molar-refractivity contribution in [2.75, 3.05) is 14.1 Å². The Labute approximate surface area is 103 Å². The van der Waals surface area contributed by atoms with Crippen molar-refractivity contribution < 1.29 is 22.4 Å². The molecule has 1 rings (SSSR count). The van der Waals surface area contributed by atoms with Gasteiger partial charge in [-0.25, -0.2) is 4.39 Å². The normalized spacial score (nSPS) is 11.5. The Morgan fingerprint density at radius 1 is 1.29 bits per heavy atom. The number of amides is 1. The van der Waals surface area contributed by atoms with Gasteiger partial charge in [-0.1, -0.05) is 15.9 Å². The fourth-order valence-corrected chi connectivity index (χ4v) is 1.74. The summed E-state index contributed by atoms with van der Waals surface area (Å²) in [7, 11) is 2.76. The first-order valence-electron chi connectivity index (χ1n) is 4.42. The molecule has 0 aliphatic heterocycles. The lowest BCUT2D eigenvalue weighted by atomic mass is 10.1. The third kappa shape index (κ3) is 2.96. The van der Waals surface area contributed by atoms with Crippen molar-refractivity contribution in [1.82, 2.24) is 4.90 Å². The molecule has 0 aliphatic carbocycles. The van der Waals surface area contributed by atoms with Crippen molar-refractivity contribution in [1.29, 1.82) is 0 Å². The fourth-order valence-electron chi connectivity index (χ4n) is 1.17. The second-order valence-corrected chi connectivity index (χ2v) is 4.36.